The molecule has 1 heterocycles. The molecule has 120 valence electrons. The number of hydrogen-bond donors (Lipinski definition) is 2. The Hall–Kier alpha value is -0.120. The summed E-state index contributed by atoms with van der Waals surface area (Å²) in [5.41, 5.74) is 0. The fourth-order valence-electron chi connectivity index (χ4n) is 1.94. The zero-order chi connectivity index (χ0) is 13.9. The maximum absolute atomic E-state index is 5.70. The number of hydrogen-bond acceptors (Lipinski definition) is 4. The highest BCUT2D eigenvalue weighted by atomic mass is 127. The number of likely N-dealkylation sites (N-methyl/N-ethyl adjacent to an activating group) is 1. The lowest BCUT2D eigenvalue weighted by Gasteiger charge is -2.29. The lowest BCUT2D eigenvalue weighted by atomic mass is 10.3. The average molecular weight is 400 g/mol. The van der Waals surface area contributed by atoms with Crippen LogP contribution in [0, 0.1) is 0 Å². The van der Waals surface area contributed by atoms with E-state index in [9.17, 15) is 0 Å². The van der Waals surface area contributed by atoms with Crippen LogP contribution >= 0.6 is 24.0 Å². The highest BCUT2D eigenvalue weighted by Crippen LogP contribution is 2.02. The van der Waals surface area contributed by atoms with Gasteiger partial charge in [0.15, 0.2) is 5.96 Å². The van der Waals surface area contributed by atoms with Gasteiger partial charge in [0, 0.05) is 39.9 Å². The van der Waals surface area contributed by atoms with E-state index in [1.807, 2.05) is 0 Å². The highest BCUT2D eigenvalue weighted by molar-refractivity contribution is 14.0. The molecule has 1 unspecified atom stereocenters. The van der Waals surface area contributed by atoms with Crippen LogP contribution in [0.3, 0.4) is 0 Å². The smallest absolute Gasteiger partial charge is 0.191 e. The Morgan fingerprint density at radius 1 is 1.45 bits per heavy atom. The first-order valence-corrected chi connectivity index (χ1v) is 7.07. The molecule has 0 aromatic carbocycles. The summed E-state index contributed by atoms with van der Waals surface area (Å²) in [6.45, 7) is 8.02. The molecule has 0 saturated carbocycles. The number of ether oxygens (including phenoxy) is 2. The second-order valence-electron chi connectivity index (χ2n) is 4.75. The Morgan fingerprint density at radius 2 is 2.25 bits per heavy atom. The Morgan fingerprint density at radius 3 is 2.90 bits per heavy atom. The molecule has 1 atom stereocenters. The number of rotatable bonds is 7. The van der Waals surface area contributed by atoms with Gasteiger partial charge in [-0.05, 0) is 20.4 Å². The van der Waals surface area contributed by atoms with Gasteiger partial charge in [0.05, 0.1) is 19.3 Å². The van der Waals surface area contributed by atoms with Gasteiger partial charge in [0.1, 0.15) is 0 Å². The van der Waals surface area contributed by atoms with E-state index < -0.39 is 0 Å². The lowest BCUT2D eigenvalue weighted by molar-refractivity contribution is -0.0136. The summed E-state index contributed by atoms with van der Waals surface area (Å²) in [5.74, 6) is 0.857. The molecular weight excluding hydrogens is 371 g/mol. The number of nitrogens with zero attached hydrogens (tertiary/aromatic N) is 2. The molecule has 1 saturated heterocycles. The van der Waals surface area contributed by atoms with Crippen LogP contribution in [0.15, 0.2) is 4.99 Å². The van der Waals surface area contributed by atoms with Crippen molar-refractivity contribution in [3.63, 3.8) is 0 Å². The summed E-state index contributed by atoms with van der Waals surface area (Å²) >= 11 is 0. The van der Waals surface area contributed by atoms with Crippen LogP contribution in [0.4, 0.5) is 0 Å². The Kier molecular flexibility index (Phi) is 12.5. The normalized spacial score (nSPS) is 20.4. The monoisotopic (exact) mass is 400 g/mol. The maximum Gasteiger partial charge on any atom is 0.191 e. The fraction of sp³-hybridized carbons (Fsp3) is 0.923. The first-order valence-electron chi connectivity index (χ1n) is 7.07. The molecule has 0 spiro atoms. The summed E-state index contributed by atoms with van der Waals surface area (Å²) in [6, 6.07) is 0. The Balaban J connectivity index is 0.00000361. The van der Waals surface area contributed by atoms with Crippen LogP contribution in [0.1, 0.15) is 13.3 Å². The number of nitrogens with one attached hydrogen (secondary N) is 2. The zero-order valence-corrected chi connectivity index (χ0v) is 15.2. The van der Waals surface area contributed by atoms with Gasteiger partial charge in [-0.15, -0.1) is 24.0 Å². The third-order valence-corrected chi connectivity index (χ3v) is 2.96. The van der Waals surface area contributed by atoms with Crippen LogP contribution in [0.5, 0.6) is 0 Å². The minimum atomic E-state index is 0. The van der Waals surface area contributed by atoms with Gasteiger partial charge in [-0.25, -0.2) is 0 Å². The molecule has 0 amide bonds. The molecule has 0 bridgehead atoms. The van der Waals surface area contributed by atoms with E-state index >= 15 is 0 Å². The van der Waals surface area contributed by atoms with Crippen molar-refractivity contribution < 1.29 is 9.47 Å². The number of methoxy groups -OCH3 is 1. The molecule has 1 rings (SSSR count). The van der Waals surface area contributed by atoms with E-state index in [-0.39, 0.29) is 30.1 Å². The molecular formula is C13H29IN4O2. The van der Waals surface area contributed by atoms with Crippen molar-refractivity contribution in [2.45, 2.75) is 19.4 Å². The predicted molar refractivity (Wildman–Crippen MR) is 93.1 cm³/mol. The summed E-state index contributed by atoms with van der Waals surface area (Å²) in [4.78, 5) is 6.85. The van der Waals surface area contributed by atoms with Gasteiger partial charge in [-0.2, -0.15) is 0 Å². The quantitative estimate of drug-likeness (QED) is 0.283. The molecule has 1 aliphatic heterocycles. The second kappa shape index (κ2) is 12.6. The van der Waals surface area contributed by atoms with E-state index in [2.05, 4.69) is 34.5 Å². The second-order valence-corrected chi connectivity index (χ2v) is 4.75. The van der Waals surface area contributed by atoms with E-state index in [0.717, 1.165) is 51.8 Å². The largest absolute Gasteiger partial charge is 0.385 e. The molecule has 7 heteroatoms. The fourth-order valence-corrected chi connectivity index (χ4v) is 1.94. The molecule has 0 aliphatic carbocycles. The molecule has 0 radical (unpaired) electrons. The molecule has 0 aromatic heterocycles. The van der Waals surface area contributed by atoms with Crippen molar-refractivity contribution in [1.82, 2.24) is 15.5 Å². The predicted octanol–water partition coefficient (Wildman–Crippen LogP) is 0.527. The number of morpholine rings is 1. The van der Waals surface area contributed by atoms with Gasteiger partial charge < -0.3 is 25.0 Å². The molecule has 1 fully saturated rings. The van der Waals surface area contributed by atoms with Crippen molar-refractivity contribution >= 4 is 29.9 Å². The first kappa shape index (κ1) is 19.9. The molecule has 6 nitrogen and oxygen atoms in total. The topological polar surface area (TPSA) is 58.1 Å². The summed E-state index contributed by atoms with van der Waals surface area (Å²) in [5, 5.41) is 6.54. The molecule has 20 heavy (non-hydrogen) atoms. The molecule has 2 N–H and O–H groups in total. The minimum absolute atomic E-state index is 0. The van der Waals surface area contributed by atoms with Crippen molar-refractivity contribution in [2.24, 2.45) is 4.99 Å². The summed E-state index contributed by atoms with van der Waals surface area (Å²) in [6.07, 6.45) is 1.18. The zero-order valence-electron chi connectivity index (χ0n) is 12.9. The van der Waals surface area contributed by atoms with E-state index in [1.54, 1.807) is 7.11 Å². The van der Waals surface area contributed by atoms with Crippen LogP contribution < -0.4 is 10.6 Å². The Labute approximate surface area is 139 Å². The number of halogens is 1. The van der Waals surface area contributed by atoms with Gasteiger partial charge in [-0.3, -0.25) is 4.99 Å². The van der Waals surface area contributed by atoms with Gasteiger partial charge in [-0.1, -0.05) is 0 Å². The first-order chi connectivity index (χ1) is 9.26. The highest BCUT2D eigenvalue weighted by Gasteiger charge is 2.17. The van der Waals surface area contributed by atoms with Crippen molar-refractivity contribution in [1.29, 1.82) is 0 Å². The number of guanidine groups is 1. The van der Waals surface area contributed by atoms with Crippen LogP contribution in [0.25, 0.3) is 0 Å². The summed E-state index contributed by atoms with van der Waals surface area (Å²) < 4.78 is 10.7. The van der Waals surface area contributed by atoms with Gasteiger partial charge in [0.2, 0.25) is 0 Å². The SMILES string of the molecule is CCNC(=NCC1CN(C)CCO1)NCCCOC.I. The Bertz CT molecular complexity index is 267. The van der Waals surface area contributed by atoms with E-state index in [1.165, 1.54) is 0 Å². The number of aliphatic imine (C=N–C) groups is 1. The van der Waals surface area contributed by atoms with Crippen molar-refractivity contribution in [2.75, 3.05) is 60.1 Å². The average Bonchev–Trinajstić information content (AvgIpc) is 2.41. The van der Waals surface area contributed by atoms with Crippen LogP contribution in [-0.4, -0.2) is 77.1 Å². The van der Waals surface area contributed by atoms with Gasteiger partial charge >= 0.3 is 0 Å². The standard InChI is InChI=1S/C13H28N4O2.HI/c1-4-14-13(15-6-5-8-18-3)16-10-12-11-17(2)7-9-19-12;/h12H,4-11H2,1-3H3,(H2,14,15,16);1H. The third kappa shape index (κ3) is 8.93. The lowest BCUT2D eigenvalue weighted by Crippen LogP contribution is -2.43. The van der Waals surface area contributed by atoms with E-state index in [0.29, 0.717) is 6.54 Å². The third-order valence-electron chi connectivity index (χ3n) is 2.96. The molecule has 1 aliphatic rings. The van der Waals surface area contributed by atoms with Crippen LogP contribution in [0.2, 0.25) is 0 Å². The molecule has 0 aromatic rings. The van der Waals surface area contributed by atoms with E-state index in [4.69, 9.17) is 9.47 Å². The van der Waals surface area contributed by atoms with Crippen molar-refractivity contribution in [3.8, 4) is 0 Å². The van der Waals surface area contributed by atoms with Gasteiger partial charge in [0.25, 0.3) is 0 Å². The van der Waals surface area contributed by atoms with Crippen molar-refractivity contribution in [3.05, 3.63) is 0 Å². The minimum Gasteiger partial charge on any atom is -0.385 e. The summed E-state index contributed by atoms with van der Waals surface area (Å²) in [7, 11) is 3.84. The maximum atomic E-state index is 5.70. The van der Waals surface area contributed by atoms with Crippen LogP contribution in [-0.2, 0) is 9.47 Å².